The van der Waals surface area contributed by atoms with Gasteiger partial charge in [0.2, 0.25) is 5.91 Å². The average molecular weight is 244 g/mol. The standard InChI is InChI=1S/C7H8N4O4S/c8-5(12)1-3(7(14)15)10-6(13)4-2-9-16-11-4/h2-3H,1H2,(H2,8,12)(H,10,13)(H,14,15). The molecule has 1 aromatic heterocycles. The van der Waals surface area contributed by atoms with Crippen LogP contribution in [0.25, 0.3) is 0 Å². The fourth-order valence-electron chi connectivity index (χ4n) is 0.898. The number of nitrogens with zero attached hydrogens (tertiary/aromatic N) is 2. The van der Waals surface area contributed by atoms with E-state index in [0.717, 1.165) is 11.7 Å². The highest BCUT2D eigenvalue weighted by atomic mass is 32.1. The van der Waals surface area contributed by atoms with Gasteiger partial charge in [0.15, 0.2) is 5.69 Å². The van der Waals surface area contributed by atoms with Crippen LogP contribution in [0.4, 0.5) is 0 Å². The SMILES string of the molecule is NC(=O)CC(NC(=O)c1cnsn1)C(=O)O. The van der Waals surface area contributed by atoms with Gasteiger partial charge in [0.05, 0.1) is 24.3 Å². The van der Waals surface area contributed by atoms with Gasteiger partial charge >= 0.3 is 5.97 Å². The highest BCUT2D eigenvalue weighted by molar-refractivity contribution is 6.99. The fraction of sp³-hybridized carbons (Fsp3) is 0.286. The topological polar surface area (TPSA) is 135 Å². The van der Waals surface area contributed by atoms with Crippen LogP contribution in [0.5, 0.6) is 0 Å². The second-order valence-corrected chi connectivity index (χ2v) is 3.38. The number of nitrogens with one attached hydrogen (secondary N) is 1. The Morgan fingerprint density at radius 3 is 2.69 bits per heavy atom. The predicted octanol–water partition coefficient (Wildman–Crippen LogP) is -1.40. The molecule has 86 valence electrons. The second-order valence-electron chi connectivity index (χ2n) is 2.83. The molecule has 2 amide bonds. The molecule has 0 spiro atoms. The van der Waals surface area contributed by atoms with Gasteiger partial charge in [-0.1, -0.05) is 0 Å². The molecule has 4 N–H and O–H groups in total. The fourth-order valence-corrected chi connectivity index (χ4v) is 1.31. The summed E-state index contributed by atoms with van der Waals surface area (Å²) in [5.41, 5.74) is 4.85. The number of amides is 2. The number of hydrogen-bond donors (Lipinski definition) is 3. The lowest BCUT2D eigenvalue weighted by Gasteiger charge is -2.11. The summed E-state index contributed by atoms with van der Waals surface area (Å²) in [5, 5.41) is 10.8. The van der Waals surface area contributed by atoms with Crippen LogP contribution >= 0.6 is 11.7 Å². The molecule has 1 aromatic rings. The van der Waals surface area contributed by atoms with E-state index in [1.54, 1.807) is 0 Å². The minimum absolute atomic E-state index is 0.000667. The van der Waals surface area contributed by atoms with Crippen molar-refractivity contribution in [3.05, 3.63) is 11.9 Å². The smallest absolute Gasteiger partial charge is 0.326 e. The minimum Gasteiger partial charge on any atom is -0.480 e. The highest BCUT2D eigenvalue weighted by Gasteiger charge is 2.23. The summed E-state index contributed by atoms with van der Waals surface area (Å²) in [4.78, 5) is 32.6. The maximum absolute atomic E-state index is 11.4. The van der Waals surface area contributed by atoms with Crippen molar-refractivity contribution < 1.29 is 19.5 Å². The number of carbonyl (C=O) groups is 3. The molecule has 8 nitrogen and oxygen atoms in total. The molecule has 1 heterocycles. The number of hydrogen-bond acceptors (Lipinski definition) is 6. The molecule has 0 aliphatic rings. The monoisotopic (exact) mass is 244 g/mol. The van der Waals surface area contributed by atoms with Gasteiger partial charge in [0.1, 0.15) is 6.04 Å². The first-order valence-corrected chi connectivity index (χ1v) is 4.83. The molecule has 0 aliphatic carbocycles. The third-order valence-electron chi connectivity index (χ3n) is 1.60. The summed E-state index contributed by atoms with van der Waals surface area (Å²) in [6.07, 6.45) is 0.724. The lowest BCUT2D eigenvalue weighted by atomic mass is 10.2. The lowest BCUT2D eigenvalue weighted by Crippen LogP contribution is -2.43. The van der Waals surface area contributed by atoms with Crippen LogP contribution in [0.1, 0.15) is 16.9 Å². The normalized spacial score (nSPS) is 11.8. The number of carboxylic acids is 1. The maximum atomic E-state index is 11.4. The number of aromatic nitrogens is 2. The van der Waals surface area contributed by atoms with E-state index >= 15 is 0 Å². The summed E-state index contributed by atoms with van der Waals surface area (Å²) < 4.78 is 7.20. The molecule has 0 bridgehead atoms. The van der Waals surface area contributed by atoms with Crippen LogP contribution in [-0.4, -0.2) is 37.7 Å². The summed E-state index contributed by atoms with van der Waals surface area (Å²) in [5.74, 6) is -2.86. The Balaban J connectivity index is 2.65. The van der Waals surface area contributed by atoms with Gasteiger partial charge in [0, 0.05) is 0 Å². The number of carbonyl (C=O) groups excluding carboxylic acids is 2. The van der Waals surface area contributed by atoms with Crippen molar-refractivity contribution >= 4 is 29.5 Å². The summed E-state index contributed by atoms with van der Waals surface area (Å²) >= 11 is 0.817. The van der Waals surface area contributed by atoms with Crippen molar-refractivity contribution in [2.45, 2.75) is 12.5 Å². The van der Waals surface area contributed by atoms with Crippen LogP contribution in [0.3, 0.4) is 0 Å². The van der Waals surface area contributed by atoms with Crippen molar-refractivity contribution in [3.8, 4) is 0 Å². The Labute approximate surface area is 93.8 Å². The molecule has 9 heteroatoms. The summed E-state index contributed by atoms with van der Waals surface area (Å²) in [6, 6.07) is -1.35. The van der Waals surface area contributed by atoms with E-state index in [4.69, 9.17) is 10.8 Å². The first-order valence-electron chi connectivity index (χ1n) is 4.10. The van der Waals surface area contributed by atoms with Gasteiger partial charge in [-0.05, 0) is 0 Å². The molecule has 1 atom stereocenters. The Morgan fingerprint density at radius 1 is 1.56 bits per heavy atom. The predicted molar refractivity (Wildman–Crippen MR) is 52.6 cm³/mol. The van der Waals surface area contributed by atoms with Crippen LogP contribution in [0.2, 0.25) is 0 Å². The Bertz CT molecular complexity index is 405. The molecule has 0 saturated heterocycles. The molecular formula is C7H8N4O4S. The van der Waals surface area contributed by atoms with Crippen molar-refractivity contribution in [2.24, 2.45) is 5.73 Å². The lowest BCUT2D eigenvalue weighted by molar-refractivity contribution is -0.140. The molecule has 0 fully saturated rings. The third kappa shape index (κ3) is 3.28. The Hall–Kier alpha value is -2.03. The zero-order chi connectivity index (χ0) is 12.1. The van der Waals surface area contributed by atoms with E-state index in [2.05, 4.69) is 14.1 Å². The van der Waals surface area contributed by atoms with Gasteiger partial charge in [0.25, 0.3) is 5.91 Å². The van der Waals surface area contributed by atoms with Crippen LogP contribution in [-0.2, 0) is 9.59 Å². The molecule has 1 unspecified atom stereocenters. The van der Waals surface area contributed by atoms with Crippen LogP contribution < -0.4 is 11.1 Å². The van der Waals surface area contributed by atoms with E-state index in [-0.39, 0.29) is 5.69 Å². The van der Waals surface area contributed by atoms with Gasteiger partial charge in [-0.25, -0.2) is 4.79 Å². The van der Waals surface area contributed by atoms with Gasteiger partial charge in [-0.15, -0.1) is 0 Å². The Kier molecular flexibility index (Phi) is 3.89. The van der Waals surface area contributed by atoms with Crippen molar-refractivity contribution in [1.29, 1.82) is 0 Å². The molecule has 0 radical (unpaired) electrons. The second kappa shape index (κ2) is 5.16. The third-order valence-corrected chi connectivity index (χ3v) is 2.08. The first kappa shape index (κ1) is 12.0. The van der Waals surface area contributed by atoms with Crippen molar-refractivity contribution in [2.75, 3.05) is 0 Å². The molecular weight excluding hydrogens is 236 g/mol. The summed E-state index contributed by atoms with van der Waals surface area (Å²) in [7, 11) is 0. The number of aliphatic carboxylic acids is 1. The largest absolute Gasteiger partial charge is 0.480 e. The minimum atomic E-state index is -1.35. The number of carboxylic acid groups (broad SMARTS) is 1. The first-order chi connectivity index (χ1) is 7.50. The quantitative estimate of drug-likeness (QED) is 0.582. The van der Waals surface area contributed by atoms with Crippen molar-refractivity contribution in [3.63, 3.8) is 0 Å². The van der Waals surface area contributed by atoms with E-state index < -0.39 is 30.2 Å². The van der Waals surface area contributed by atoms with E-state index in [0.29, 0.717) is 0 Å². The number of primary amides is 1. The average Bonchev–Trinajstić information content (AvgIpc) is 2.68. The van der Waals surface area contributed by atoms with Crippen LogP contribution in [0, 0.1) is 0 Å². The number of rotatable bonds is 5. The maximum Gasteiger partial charge on any atom is 0.326 e. The molecule has 0 saturated carbocycles. The molecule has 16 heavy (non-hydrogen) atoms. The van der Waals surface area contributed by atoms with Crippen LogP contribution in [0.15, 0.2) is 6.20 Å². The zero-order valence-corrected chi connectivity index (χ0v) is 8.73. The van der Waals surface area contributed by atoms with E-state index in [1.165, 1.54) is 6.20 Å². The number of nitrogens with two attached hydrogens (primary N) is 1. The molecule has 1 rings (SSSR count). The molecule has 0 aromatic carbocycles. The zero-order valence-electron chi connectivity index (χ0n) is 7.91. The van der Waals surface area contributed by atoms with Gasteiger partial charge < -0.3 is 16.2 Å². The van der Waals surface area contributed by atoms with E-state index in [9.17, 15) is 14.4 Å². The van der Waals surface area contributed by atoms with Gasteiger partial charge in [-0.2, -0.15) is 8.75 Å². The van der Waals surface area contributed by atoms with Crippen molar-refractivity contribution in [1.82, 2.24) is 14.1 Å². The summed E-state index contributed by atoms with van der Waals surface area (Å²) in [6.45, 7) is 0. The van der Waals surface area contributed by atoms with Gasteiger partial charge in [-0.3, -0.25) is 9.59 Å². The Morgan fingerprint density at radius 2 is 2.25 bits per heavy atom. The molecule has 0 aliphatic heterocycles. The van der Waals surface area contributed by atoms with E-state index in [1.807, 2.05) is 0 Å². The highest BCUT2D eigenvalue weighted by Crippen LogP contribution is 1.98.